The molecule has 0 radical (unpaired) electrons. The predicted octanol–water partition coefficient (Wildman–Crippen LogP) is 3.92. The van der Waals surface area contributed by atoms with E-state index in [-0.39, 0.29) is 23.7 Å². The number of carbonyl (C=O) groups excluding carboxylic acids is 2. The topological polar surface area (TPSA) is 34.1 Å². The molecule has 4 saturated carbocycles. The molecule has 0 aromatic rings. The molecule has 4 bridgehead atoms. The number of hydrogen-bond donors (Lipinski definition) is 0. The van der Waals surface area contributed by atoms with Gasteiger partial charge in [0, 0.05) is 23.7 Å². The maximum Gasteiger partial charge on any atom is 0.140 e. The van der Waals surface area contributed by atoms with E-state index in [4.69, 9.17) is 0 Å². The number of ketones is 2. The molecule has 0 aliphatic heterocycles. The second kappa shape index (κ2) is 4.75. The van der Waals surface area contributed by atoms with E-state index in [9.17, 15) is 9.59 Å². The van der Waals surface area contributed by atoms with Crippen LogP contribution in [0.2, 0.25) is 0 Å². The first-order valence-electron chi connectivity index (χ1n) is 10.5. The van der Waals surface area contributed by atoms with Crippen molar-refractivity contribution in [2.45, 2.75) is 33.1 Å². The quantitative estimate of drug-likeness (QED) is 0.716. The van der Waals surface area contributed by atoms with Crippen LogP contribution in [0, 0.1) is 71.0 Å². The largest absolute Gasteiger partial charge is 0.299 e. The highest BCUT2D eigenvalue weighted by Gasteiger charge is 2.62. The van der Waals surface area contributed by atoms with Crippen LogP contribution < -0.4 is 0 Å². The van der Waals surface area contributed by atoms with Crippen molar-refractivity contribution in [3.05, 3.63) is 24.3 Å². The van der Waals surface area contributed by atoms with E-state index in [1.165, 1.54) is 12.8 Å². The molecule has 6 aliphatic rings. The molecule has 12 atom stereocenters. The van der Waals surface area contributed by atoms with E-state index in [0.717, 1.165) is 6.42 Å². The number of rotatable bonds is 2. The van der Waals surface area contributed by atoms with E-state index < -0.39 is 0 Å². The zero-order valence-corrected chi connectivity index (χ0v) is 15.2. The number of fused-ring (bicyclic) bond motifs is 10. The van der Waals surface area contributed by atoms with Crippen LogP contribution in [0.1, 0.15) is 33.1 Å². The Morgan fingerprint density at radius 3 is 1.52 bits per heavy atom. The Labute approximate surface area is 150 Å². The molecular weight excluding hydrogens is 308 g/mol. The summed E-state index contributed by atoms with van der Waals surface area (Å²) in [6, 6.07) is 0. The highest BCUT2D eigenvalue weighted by molar-refractivity contribution is 5.91. The Morgan fingerprint density at radius 2 is 1.12 bits per heavy atom. The first-order valence-corrected chi connectivity index (χ1v) is 10.5. The normalized spacial score (nSPS) is 60.1. The van der Waals surface area contributed by atoms with Crippen molar-refractivity contribution in [2.24, 2.45) is 71.0 Å². The minimum Gasteiger partial charge on any atom is -0.299 e. The van der Waals surface area contributed by atoms with Crippen LogP contribution >= 0.6 is 0 Å². The molecule has 0 saturated heterocycles. The summed E-state index contributed by atoms with van der Waals surface area (Å²) in [6.45, 7) is 4.61. The van der Waals surface area contributed by atoms with Gasteiger partial charge < -0.3 is 0 Å². The second-order valence-electron chi connectivity index (χ2n) is 10.1. The van der Waals surface area contributed by atoms with Gasteiger partial charge in [0.1, 0.15) is 11.6 Å². The average molecular weight is 336 g/mol. The molecule has 6 rings (SSSR count). The smallest absolute Gasteiger partial charge is 0.140 e. The van der Waals surface area contributed by atoms with Crippen LogP contribution in [0.25, 0.3) is 0 Å². The molecule has 0 heterocycles. The molecule has 0 spiro atoms. The van der Waals surface area contributed by atoms with E-state index in [2.05, 4.69) is 38.2 Å². The number of Topliss-reactive ketones (excluding diaryl/α,β-unsaturated/α-hetero) is 2. The van der Waals surface area contributed by atoms with Gasteiger partial charge in [-0.3, -0.25) is 9.59 Å². The molecule has 4 fully saturated rings. The summed E-state index contributed by atoms with van der Waals surface area (Å²) >= 11 is 0. The van der Waals surface area contributed by atoms with Crippen LogP contribution in [0.5, 0.6) is 0 Å². The van der Waals surface area contributed by atoms with Crippen molar-refractivity contribution in [1.29, 1.82) is 0 Å². The van der Waals surface area contributed by atoms with Crippen molar-refractivity contribution < 1.29 is 9.59 Å². The van der Waals surface area contributed by atoms with Gasteiger partial charge in [-0.2, -0.15) is 0 Å². The summed E-state index contributed by atoms with van der Waals surface area (Å²) < 4.78 is 0. The van der Waals surface area contributed by atoms with Crippen LogP contribution in [0.3, 0.4) is 0 Å². The molecule has 0 N–H and O–H groups in total. The number of hydrogen-bond acceptors (Lipinski definition) is 2. The van der Waals surface area contributed by atoms with E-state index in [1.807, 2.05) is 0 Å². The maximum atomic E-state index is 13.2. The van der Waals surface area contributed by atoms with Gasteiger partial charge in [0.25, 0.3) is 0 Å². The summed E-state index contributed by atoms with van der Waals surface area (Å²) in [6.07, 6.45) is 12.6. The van der Waals surface area contributed by atoms with Crippen LogP contribution in [-0.2, 0) is 9.59 Å². The van der Waals surface area contributed by atoms with Gasteiger partial charge in [-0.05, 0) is 66.6 Å². The van der Waals surface area contributed by atoms with Crippen molar-refractivity contribution in [2.75, 3.05) is 0 Å². The fourth-order valence-electron chi connectivity index (χ4n) is 8.44. The molecule has 2 nitrogen and oxygen atoms in total. The lowest BCUT2D eigenvalue weighted by molar-refractivity contribution is -0.128. The fourth-order valence-corrected chi connectivity index (χ4v) is 8.44. The van der Waals surface area contributed by atoms with Gasteiger partial charge in [-0.15, -0.1) is 0 Å². The predicted molar refractivity (Wildman–Crippen MR) is 95.4 cm³/mol. The summed E-state index contributed by atoms with van der Waals surface area (Å²) in [7, 11) is 0. The maximum absolute atomic E-state index is 13.2. The minimum absolute atomic E-state index is 0.140. The van der Waals surface area contributed by atoms with E-state index in [1.54, 1.807) is 0 Å². The highest BCUT2D eigenvalue weighted by Crippen LogP contribution is 2.62. The van der Waals surface area contributed by atoms with Crippen LogP contribution in [-0.4, -0.2) is 11.6 Å². The molecular formula is C23H28O2. The third-order valence-corrected chi connectivity index (χ3v) is 9.42. The Balaban J connectivity index is 1.26. The zero-order chi connectivity index (χ0) is 17.0. The van der Waals surface area contributed by atoms with Crippen molar-refractivity contribution >= 4 is 11.6 Å². The van der Waals surface area contributed by atoms with Crippen LogP contribution in [0.4, 0.5) is 0 Å². The monoisotopic (exact) mass is 336 g/mol. The molecule has 2 heteroatoms. The Bertz CT molecular complexity index is 658. The van der Waals surface area contributed by atoms with Gasteiger partial charge in [-0.25, -0.2) is 0 Å². The molecule has 6 unspecified atom stereocenters. The van der Waals surface area contributed by atoms with Crippen molar-refractivity contribution in [3.63, 3.8) is 0 Å². The summed E-state index contributed by atoms with van der Waals surface area (Å²) in [5.74, 6) is 6.19. The third kappa shape index (κ3) is 1.68. The third-order valence-electron chi connectivity index (χ3n) is 9.42. The summed E-state index contributed by atoms with van der Waals surface area (Å²) in [5, 5.41) is 0. The lowest BCUT2D eigenvalue weighted by Crippen LogP contribution is -2.27. The summed E-state index contributed by atoms with van der Waals surface area (Å²) in [4.78, 5) is 26.4. The SMILES string of the molecule is CC1C2C(C(=O)[C@@H]1C[C@H]1C(=O)C3C(C1C)[C@H]1C=C[C@@H]3C1)[C@@H]1C=C[C@H]2C1. The van der Waals surface area contributed by atoms with Gasteiger partial charge >= 0.3 is 0 Å². The Morgan fingerprint density at radius 1 is 0.720 bits per heavy atom. The molecule has 25 heavy (non-hydrogen) atoms. The molecule has 132 valence electrons. The minimum atomic E-state index is 0.140. The van der Waals surface area contributed by atoms with Crippen molar-refractivity contribution in [1.82, 2.24) is 0 Å². The number of carbonyl (C=O) groups is 2. The van der Waals surface area contributed by atoms with E-state index in [0.29, 0.717) is 58.9 Å². The standard InChI is InChI=1S/C23H28O2/c1-10-16(22(24)20-14-5-3-12(7-14)18(10)20)9-17-11(2)19-13-4-6-15(8-13)21(19)23(17)25/h3-6,10-21H,7-9H2,1-2H3/t10?,11?,12-,13-,14+,15+,16+,17+,18?,19?,20?,21?/m0/s1. The highest BCUT2D eigenvalue weighted by atomic mass is 16.1. The second-order valence-corrected chi connectivity index (χ2v) is 10.1. The Kier molecular flexibility index (Phi) is 2.84. The Hall–Kier alpha value is -1.18. The molecule has 6 aliphatic carbocycles. The van der Waals surface area contributed by atoms with Gasteiger partial charge in [0.2, 0.25) is 0 Å². The van der Waals surface area contributed by atoms with Crippen molar-refractivity contribution in [3.8, 4) is 0 Å². The average Bonchev–Trinajstić information content (AvgIpc) is 3.40. The molecule has 0 amide bonds. The first kappa shape index (κ1) is 14.9. The lowest BCUT2D eigenvalue weighted by atomic mass is 9.76. The summed E-state index contributed by atoms with van der Waals surface area (Å²) in [5.41, 5.74) is 0. The molecule has 0 aromatic carbocycles. The van der Waals surface area contributed by atoms with Gasteiger partial charge in [0.05, 0.1) is 0 Å². The fraction of sp³-hybridized carbons (Fsp3) is 0.739. The van der Waals surface area contributed by atoms with Gasteiger partial charge in [0.15, 0.2) is 0 Å². The van der Waals surface area contributed by atoms with Gasteiger partial charge in [-0.1, -0.05) is 38.2 Å². The first-order chi connectivity index (χ1) is 12.1. The van der Waals surface area contributed by atoms with Crippen LogP contribution in [0.15, 0.2) is 24.3 Å². The number of allylic oxidation sites excluding steroid dienone is 4. The molecule has 0 aromatic heterocycles. The zero-order valence-electron chi connectivity index (χ0n) is 15.2. The van der Waals surface area contributed by atoms with E-state index >= 15 is 0 Å². The lowest BCUT2D eigenvalue weighted by Gasteiger charge is -2.27.